The number of carboxylic acids is 2. The molecule has 1 aromatic rings. The maximum atomic E-state index is 10.9. The first-order valence-electron chi connectivity index (χ1n) is 7.46. The number of aliphatic carboxylic acids is 2. The highest BCUT2D eigenvalue weighted by molar-refractivity contribution is 5.81. The normalized spacial score (nSPS) is 11.7. The van der Waals surface area contributed by atoms with Crippen molar-refractivity contribution in [2.24, 2.45) is 0 Å². The van der Waals surface area contributed by atoms with Gasteiger partial charge in [-0.25, -0.2) is 19.2 Å². The average molecular weight is 370 g/mol. The van der Waals surface area contributed by atoms with Crippen LogP contribution in [-0.2, 0) is 19.1 Å². The van der Waals surface area contributed by atoms with Crippen LogP contribution in [0.4, 0.5) is 9.59 Å². The number of nitrogens with one attached hydrogen (secondary N) is 2. The van der Waals surface area contributed by atoms with Gasteiger partial charge in [-0.3, -0.25) is 0 Å². The highest BCUT2D eigenvalue weighted by atomic mass is 16.5. The third-order valence-corrected chi connectivity index (χ3v) is 3.01. The van der Waals surface area contributed by atoms with Crippen LogP contribution in [0.5, 0.6) is 0 Å². The molecule has 1 aromatic carbocycles. The summed E-state index contributed by atoms with van der Waals surface area (Å²) in [4.78, 5) is 42.6. The Morgan fingerprint density at radius 3 is 1.81 bits per heavy atom. The van der Waals surface area contributed by atoms with Crippen LogP contribution < -0.4 is 10.6 Å². The van der Waals surface area contributed by atoms with Crippen LogP contribution in [0.15, 0.2) is 30.3 Å². The van der Waals surface area contributed by atoms with Gasteiger partial charge in [-0.15, -0.1) is 0 Å². The lowest BCUT2D eigenvalue weighted by Crippen LogP contribution is -2.40. The highest BCUT2D eigenvalue weighted by Gasteiger charge is 2.21. The van der Waals surface area contributed by atoms with E-state index in [4.69, 9.17) is 10.2 Å². The van der Waals surface area contributed by atoms with E-state index in [0.29, 0.717) is 12.0 Å². The molecule has 0 fully saturated rings. The van der Waals surface area contributed by atoms with Gasteiger partial charge in [-0.05, 0) is 12.0 Å². The van der Waals surface area contributed by atoms with Gasteiger partial charge in [0.1, 0.15) is 6.04 Å². The first-order chi connectivity index (χ1) is 12.3. The van der Waals surface area contributed by atoms with E-state index in [1.54, 1.807) is 37.3 Å². The first kappa shape index (κ1) is 22.7. The van der Waals surface area contributed by atoms with E-state index >= 15 is 0 Å². The standard InChI is InChI=1S/C10H11NO4.C6H11NO4/c1-15-10(14)11-8(9(12)13)7-5-3-2-4-6-7;1-3-4(5(8)9)7-6(10)11-2/h2-6,8H,1H3,(H,11,14)(H,12,13);4H,3H2,1-2H3,(H,7,10)(H,8,9)/t8-;4-/m10/s1. The van der Waals surface area contributed by atoms with E-state index in [2.05, 4.69) is 20.1 Å². The van der Waals surface area contributed by atoms with Gasteiger partial charge in [-0.2, -0.15) is 0 Å². The number of carbonyl (C=O) groups excluding carboxylic acids is 2. The van der Waals surface area contributed by atoms with Crippen molar-refractivity contribution >= 4 is 24.1 Å². The van der Waals surface area contributed by atoms with E-state index < -0.39 is 36.2 Å². The van der Waals surface area contributed by atoms with Gasteiger partial charge in [0.15, 0.2) is 6.04 Å². The minimum atomic E-state index is -1.13. The van der Waals surface area contributed by atoms with Crippen LogP contribution in [0.1, 0.15) is 24.9 Å². The number of amides is 2. The summed E-state index contributed by atoms with van der Waals surface area (Å²) in [5.74, 6) is -2.19. The van der Waals surface area contributed by atoms with Crippen LogP contribution >= 0.6 is 0 Å². The van der Waals surface area contributed by atoms with Crippen LogP contribution in [0.25, 0.3) is 0 Å². The second kappa shape index (κ2) is 12.1. The Labute approximate surface area is 150 Å². The van der Waals surface area contributed by atoms with Gasteiger partial charge >= 0.3 is 24.1 Å². The van der Waals surface area contributed by atoms with Crippen molar-refractivity contribution in [3.63, 3.8) is 0 Å². The molecule has 10 nitrogen and oxygen atoms in total. The molecule has 0 radical (unpaired) electrons. The van der Waals surface area contributed by atoms with E-state index in [9.17, 15) is 19.2 Å². The Hall–Kier alpha value is -3.30. The zero-order valence-electron chi connectivity index (χ0n) is 14.6. The molecule has 2 atom stereocenters. The molecule has 0 heterocycles. The van der Waals surface area contributed by atoms with Crippen molar-refractivity contribution in [1.29, 1.82) is 0 Å². The minimum absolute atomic E-state index is 0.338. The molecule has 0 aliphatic rings. The summed E-state index contributed by atoms with van der Waals surface area (Å²) in [6.45, 7) is 1.66. The lowest BCUT2D eigenvalue weighted by Gasteiger charge is -2.13. The Kier molecular flexibility index (Phi) is 10.6. The Morgan fingerprint density at radius 2 is 1.42 bits per heavy atom. The van der Waals surface area contributed by atoms with Crippen molar-refractivity contribution in [2.75, 3.05) is 14.2 Å². The molecule has 0 aliphatic heterocycles. The van der Waals surface area contributed by atoms with Gasteiger partial charge < -0.3 is 30.3 Å². The Bertz CT molecular complexity index is 606. The summed E-state index contributed by atoms with van der Waals surface area (Å²) in [5, 5.41) is 21.7. The monoisotopic (exact) mass is 370 g/mol. The zero-order valence-corrected chi connectivity index (χ0v) is 14.6. The Balaban J connectivity index is 0.000000508. The van der Waals surface area contributed by atoms with Crippen molar-refractivity contribution in [3.05, 3.63) is 35.9 Å². The number of carbonyl (C=O) groups is 4. The molecule has 0 aromatic heterocycles. The molecule has 26 heavy (non-hydrogen) atoms. The fourth-order valence-electron chi connectivity index (χ4n) is 1.65. The molecule has 144 valence electrons. The lowest BCUT2D eigenvalue weighted by atomic mass is 10.1. The molecule has 1 rings (SSSR count). The number of hydrogen-bond acceptors (Lipinski definition) is 6. The minimum Gasteiger partial charge on any atom is -0.480 e. The molecule has 0 aliphatic carbocycles. The quantitative estimate of drug-likeness (QED) is 0.586. The van der Waals surface area contributed by atoms with E-state index in [1.165, 1.54) is 14.2 Å². The number of alkyl carbamates (subject to hydrolysis) is 2. The summed E-state index contributed by atoms with van der Waals surface area (Å²) in [6.07, 6.45) is -1.16. The van der Waals surface area contributed by atoms with E-state index in [-0.39, 0.29) is 0 Å². The fourth-order valence-corrected chi connectivity index (χ4v) is 1.65. The first-order valence-corrected chi connectivity index (χ1v) is 7.46. The second-order valence-electron chi connectivity index (χ2n) is 4.75. The number of rotatable bonds is 6. The molecule has 10 heteroatoms. The van der Waals surface area contributed by atoms with Crippen molar-refractivity contribution in [2.45, 2.75) is 25.4 Å². The van der Waals surface area contributed by atoms with Gasteiger partial charge in [0.25, 0.3) is 0 Å². The Morgan fingerprint density at radius 1 is 0.923 bits per heavy atom. The number of benzene rings is 1. The van der Waals surface area contributed by atoms with Crippen molar-refractivity contribution in [3.8, 4) is 0 Å². The van der Waals surface area contributed by atoms with Crippen LogP contribution in [0.2, 0.25) is 0 Å². The highest BCUT2D eigenvalue weighted by Crippen LogP contribution is 2.12. The predicted molar refractivity (Wildman–Crippen MR) is 89.6 cm³/mol. The largest absolute Gasteiger partial charge is 0.480 e. The van der Waals surface area contributed by atoms with Crippen LogP contribution in [0, 0.1) is 0 Å². The molecular formula is C16H22N2O8. The smallest absolute Gasteiger partial charge is 0.407 e. The van der Waals surface area contributed by atoms with Gasteiger partial charge in [-0.1, -0.05) is 37.3 Å². The maximum Gasteiger partial charge on any atom is 0.407 e. The molecule has 0 bridgehead atoms. The average Bonchev–Trinajstić information content (AvgIpc) is 2.64. The summed E-state index contributed by atoms with van der Waals surface area (Å²) < 4.78 is 8.56. The lowest BCUT2D eigenvalue weighted by molar-refractivity contribution is -0.140. The van der Waals surface area contributed by atoms with Gasteiger partial charge in [0, 0.05) is 0 Å². The number of ether oxygens (including phenoxy) is 2. The van der Waals surface area contributed by atoms with Crippen LogP contribution in [-0.4, -0.2) is 54.6 Å². The topological polar surface area (TPSA) is 151 Å². The maximum absolute atomic E-state index is 10.9. The summed E-state index contributed by atoms with van der Waals surface area (Å²) in [5.41, 5.74) is 0.496. The SMILES string of the molecule is CC[C@H](NC(=O)OC)C(=O)O.COC(=O)N[C@@H](C(=O)O)c1ccccc1. The molecule has 0 unspecified atom stereocenters. The van der Waals surface area contributed by atoms with Crippen LogP contribution in [0.3, 0.4) is 0 Å². The third-order valence-electron chi connectivity index (χ3n) is 3.01. The zero-order chi connectivity index (χ0) is 20.1. The number of methoxy groups -OCH3 is 2. The van der Waals surface area contributed by atoms with Gasteiger partial charge in [0.05, 0.1) is 14.2 Å². The summed E-state index contributed by atoms with van der Waals surface area (Å²) in [6, 6.07) is 6.46. The summed E-state index contributed by atoms with van der Waals surface area (Å²) >= 11 is 0. The molecule has 4 N–H and O–H groups in total. The predicted octanol–water partition coefficient (Wildman–Crippen LogP) is 1.37. The van der Waals surface area contributed by atoms with E-state index in [1.807, 2.05) is 0 Å². The number of carboxylic acid groups (broad SMARTS) is 2. The fraction of sp³-hybridized carbons (Fsp3) is 0.375. The molecule has 2 amide bonds. The van der Waals surface area contributed by atoms with E-state index in [0.717, 1.165) is 0 Å². The van der Waals surface area contributed by atoms with Crippen molar-refractivity contribution < 1.29 is 38.9 Å². The van der Waals surface area contributed by atoms with Crippen molar-refractivity contribution in [1.82, 2.24) is 10.6 Å². The molecule has 0 saturated heterocycles. The molecule has 0 saturated carbocycles. The third kappa shape index (κ3) is 8.52. The second-order valence-corrected chi connectivity index (χ2v) is 4.75. The van der Waals surface area contributed by atoms with Gasteiger partial charge in [0.2, 0.25) is 0 Å². The molecule has 0 spiro atoms. The molecular weight excluding hydrogens is 348 g/mol. The number of hydrogen-bond donors (Lipinski definition) is 4. The summed E-state index contributed by atoms with van der Waals surface area (Å²) in [7, 11) is 2.36.